The Morgan fingerprint density at radius 1 is 1.15 bits per heavy atom. The molecule has 0 aliphatic heterocycles. The van der Waals surface area contributed by atoms with E-state index in [1.807, 2.05) is 51.1 Å². The van der Waals surface area contributed by atoms with Gasteiger partial charge in [-0.3, -0.25) is 0 Å². The van der Waals surface area contributed by atoms with Crippen molar-refractivity contribution in [3.8, 4) is 5.75 Å². The fraction of sp³-hybridized carbons (Fsp3) is 0.294. The highest BCUT2D eigenvalue weighted by molar-refractivity contribution is 6.33. The summed E-state index contributed by atoms with van der Waals surface area (Å²) < 4.78 is 5.69. The Hall–Kier alpha value is -1.67. The Labute approximate surface area is 125 Å². The maximum absolute atomic E-state index is 6.21. The molecule has 20 heavy (non-hydrogen) atoms. The molecular weight excluding hydrogens is 270 g/mol. The van der Waals surface area contributed by atoms with Gasteiger partial charge in [0.1, 0.15) is 5.75 Å². The topological polar surface area (TPSA) is 21.3 Å². The fourth-order valence-electron chi connectivity index (χ4n) is 1.96. The van der Waals surface area contributed by atoms with E-state index in [0.29, 0.717) is 0 Å². The number of halogens is 1. The maximum Gasteiger partial charge on any atom is 0.120 e. The Bertz CT molecular complexity index is 581. The van der Waals surface area contributed by atoms with Gasteiger partial charge in [0.25, 0.3) is 0 Å². The van der Waals surface area contributed by atoms with E-state index in [1.54, 1.807) is 0 Å². The first-order chi connectivity index (χ1) is 9.54. The van der Waals surface area contributed by atoms with Gasteiger partial charge in [-0.25, -0.2) is 0 Å². The van der Waals surface area contributed by atoms with Crippen LogP contribution >= 0.6 is 11.6 Å². The molecule has 2 aromatic rings. The summed E-state index contributed by atoms with van der Waals surface area (Å²) in [5.74, 6) is 0.898. The zero-order valence-corrected chi connectivity index (χ0v) is 12.9. The van der Waals surface area contributed by atoms with Crippen LogP contribution < -0.4 is 10.1 Å². The van der Waals surface area contributed by atoms with E-state index >= 15 is 0 Å². The van der Waals surface area contributed by atoms with Gasteiger partial charge < -0.3 is 10.1 Å². The normalized spacial score (nSPS) is 10.7. The molecule has 0 bridgehead atoms. The summed E-state index contributed by atoms with van der Waals surface area (Å²) in [4.78, 5) is 0. The van der Waals surface area contributed by atoms with E-state index < -0.39 is 0 Å². The van der Waals surface area contributed by atoms with Crippen molar-refractivity contribution in [2.45, 2.75) is 33.4 Å². The van der Waals surface area contributed by atoms with Crippen LogP contribution in [-0.2, 0) is 6.54 Å². The maximum atomic E-state index is 6.21. The van der Waals surface area contributed by atoms with Crippen LogP contribution in [0.5, 0.6) is 5.75 Å². The van der Waals surface area contributed by atoms with Crippen molar-refractivity contribution < 1.29 is 4.74 Å². The van der Waals surface area contributed by atoms with Gasteiger partial charge >= 0.3 is 0 Å². The largest absolute Gasteiger partial charge is 0.491 e. The Morgan fingerprint density at radius 3 is 2.65 bits per heavy atom. The standard InChI is InChI=1S/C17H20ClNO/c1-12(2)20-15-6-4-5-14(10-15)11-19-17-8-7-13(3)9-16(17)18/h4-10,12,19H,11H2,1-3H3. The number of nitrogens with one attached hydrogen (secondary N) is 1. The highest BCUT2D eigenvalue weighted by Gasteiger charge is 2.02. The second-order valence-electron chi connectivity index (χ2n) is 5.15. The number of hydrogen-bond donors (Lipinski definition) is 1. The predicted molar refractivity (Wildman–Crippen MR) is 85.7 cm³/mol. The molecule has 0 aliphatic rings. The first-order valence-corrected chi connectivity index (χ1v) is 7.18. The van der Waals surface area contributed by atoms with Crippen LogP contribution in [0.15, 0.2) is 42.5 Å². The minimum atomic E-state index is 0.185. The average Bonchev–Trinajstić information content (AvgIpc) is 2.37. The molecule has 0 spiro atoms. The smallest absolute Gasteiger partial charge is 0.120 e. The van der Waals surface area contributed by atoms with Crippen LogP contribution in [0.25, 0.3) is 0 Å². The third kappa shape index (κ3) is 4.17. The first kappa shape index (κ1) is 14.7. The van der Waals surface area contributed by atoms with Crippen LogP contribution in [0.4, 0.5) is 5.69 Å². The second-order valence-corrected chi connectivity index (χ2v) is 5.56. The van der Waals surface area contributed by atoms with E-state index in [4.69, 9.17) is 16.3 Å². The van der Waals surface area contributed by atoms with Crippen molar-refractivity contribution in [3.05, 3.63) is 58.6 Å². The summed E-state index contributed by atoms with van der Waals surface area (Å²) in [6, 6.07) is 14.1. The van der Waals surface area contributed by atoms with Gasteiger partial charge in [0.2, 0.25) is 0 Å². The van der Waals surface area contributed by atoms with Crippen molar-refractivity contribution in [1.82, 2.24) is 0 Å². The van der Waals surface area contributed by atoms with Crippen LogP contribution in [-0.4, -0.2) is 6.10 Å². The molecule has 3 heteroatoms. The summed E-state index contributed by atoms with van der Waals surface area (Å²) in [6.07, 6.45) is 0.185. The second kappa shape index (κ2) is 6.67. The summed E-state index contributed by atoms with van der Waals surface area (Å²) in [7, 11) is 0. The molecule has 2 nitrogen and oxygen atoms in total. The Kier molecular flexibility index (Phi) is 4.91. The van der Waals surface area contributed by atoms with E-state index in [1.165, 1.54) is 5.56 Å². The van der Waals surface area contributed by atoms with Gasteiger partial charge in [-0.1, -0.05) is 29.8 Å². The lowest BCUT2D eigenvalue weighted by Crippen LogP contribution is -2.06. The number of aryl methyl sites for hydroxylation is 1. The van der Waals surface area contributed by atoms with Gasteiger partial charge in [0.05, 0.1) is 16.8 Å². The molecule has 1 N–H and O–H groups in total. The average molecular weight is 290 g/mol. The predicted octanol–water partition coefficient (Wildman–Crippen LogP) is 5.05. The number of benzene rings is 2. The van der Waals surface area contributed by atoms with Gasteiger partial charge in [0.15, 0.2) is 0 Å². The van der Waals surface area contributed by atoms with Gasteiger partial charge in [0, 0.05) is 6.54 Å². The highest BCUT2D eigenvalue weighted by atomic mass is 35.5. The third-order valence-electron chi connectivity index (χ3n) is 2.88. The van der Waals surface area contributed by atoms with Crippen molar-refractivity contribution in [2.75, 3.05) is 5.32 Å². The number of ether oxygens (including phenoxy) is 1. The molecule has 2 aromatic carbocycles. The molecule has 0 atom stereocenters. The lowest BCUT2D eigenvalue weighted by Gasteiger charge is -2.12. The summed E-state index contributed by atoms with van der Waals surface area (Å²) in [5.41, 5.74) is 3.28. The summed E-state index contributed by atoms with van der Waals surface area (Å²) >= 11 is 6.21. The van der Waals surface area contributed by atoms with Crippen LogP contribution in [0.1, 0.15) is 25.0 Å². The van der Waals surface area contributed by atoms with E-state index in [2.05, 4.69) is 17.4 Å². The molecule has 106 valence electrons. The Morgan fingerprint density at radius 2 is 1.95 bits per heavy atom. The summed E-state index contributed by atoms with van der Waals surface area (Å²) in [5, 5.41) is 4.10. The zero-order valence-electron chi connectivity index (χ0n) is 12.1. The molecule has 0 aromatic heterocycles. The van der Waals surface area contributed by atoms with Crippen LogP contribution in [0.3, 0.4) is 0 Å². The van der Waals surface area contributed by atoms with E-state index in [9.17, 15) is 0 Å². The molecule has 0 aliphatic carbocycles. The van der Waals surface area contributed by atoms with Crippen molar-refractivity contribution in [1.29, 1.82) is 0 Å². The zero-order chi connectivity index (χ0) is 14.5. The molecule has 0 heterocycles. The molecule has 0 unspecified atom stereocenters. The minimum Gasteiger partial charge on any atom is -0.491 e. The highest BCUT2D eigenvalue weighted by Crippen LogP contribution is 2.24. The molecule has 0 radical (unpaired) electrons. The molecule has 0 saturated carbocycles. The quantitative estimate of drug-likeness (QED) is 0.832. The lowest BCUT2D eigenvalue weighted by molar-refractivity contribution is 0.242. The van der Waals surface area contributed by atoms with Crippen molar-refractivity contribution in [3.63, 3.8) is 0 Å². The van der Waals surface area contributed by atoms with Crippen LogP contribution in [0, 0.1) is 6.92 Å². The molecule has 0 saturated heterocycles. The van der Waals surface area contributed by atoms with E-state index in [0.717, 1.165) is 28.6 Å². The van der Waals surface area contributed by atoms with Gasteiger partial charge in [-0.2, -0.15) is 0 Å². The van der Waals surface area contributed by atoms with Gasteiger partial charge in [-0.05, 0) is 56.2 Å². The monoisotopic (exact) mass is 289 g/mol. The number of hydrogen-bond acceptors (Lipinski definition) is 2. The van der Waals surface area contributed by atoms with Crippen LogP contribution in [0.2, 0.25) is 5.02 Å². The number of anilines is 1. The van der Waals surface area contributed by atoms with Crippen molar-refractivity contribution >= 4 is 17.3 Å². The van der Waals surface area contributed by atoms with Gasteiger partial charge in [-0.15, -0.1) is 0 Å². The SMILES string of the molecule is Cc1ccc(NCc2cccc(OC(C)C)c2)c(Cl)c1. The minimum absolute atomic E-state index is 0.185. The van der Waals surface area contributed by atoms with Crippen molar-refractivity contribution in [2.24, 2.45) is 0 Å². The Balaban J connectivity index is 2.03. The molecular formula is C17H20ClNO. The first-order valence-electron chi connectivity index (χ1n) is 6.80. The molecule has 0 fully saturated rings. The summed E-state index contributed by atoms with van der Waals surface area (Å²) in [6.45, 7) is 6.80. The lowest BCUT2D eigenvalue weighted by atomic mass is 10.2. The molecule has 2 rings (SSSR count). The third-order valence-corrected chi connectivity index (χ3v) is 3.19. The fourth-order valence-corrected chi connectivity index (χ4v) is 2.26. The van der Waals surface area contributed by atoms with E-state index in [-0.39, 0.29) is 6.10 Å². The number of rotatable bonds is 5. The molecule has 0 amide bonds.